The summed E-state index contributed by atoms with van der Waals surface area (Å²) in [5.74, 6) is 0.0148. The van der Waals surface area contributed by atoms with Crippen LogP contribution in [0.1, 0.15) is 23.9 Å². The molecule has 7 nitrogen and oxygen atoms in total. The number of benzene rings is 2. The van der Waals surface area contributed by atoms with Crippen molar-refractivity contribution in [1.82, 2.24) is 19.4 Å². The van der Waals surface area contributed by atoms with Crippen molar-refractivity contribution in [3.05, 3.63) is 87.9 Å². The van der Waals surface area contributed by atoms with Crippen LogP contribution in [0.4, 0.5) is 0 Å². The molecule has 8 heteroatoms. The fourth-order valence-electron chi connectivity index (χ4n) is 3.30. The molecule has 0 radical (unpaired) electrons. The summed E-state index contributed by atoms with van der Waals surface area (Å²) in [6.07, 6.45) is 3.64. The average Bonchev–Trinajstić information content (AvgIpc) is 3.27. The van der Waals surface area contributed by atoms with E-state index >= 15 is 0 Å². The summed E-state index contributed by atoms with van der Waals surface area (Å²) in [4.78, 5) is 29.2. The summed E-state index contributed by atoms with van der Waals surface area (Å²) in [5.41, 5.74) is 1.93. The van der Waals surface area contributed by atoms with Gasteiger partial charge in [-0.2, -0.15) is 0 Å². The Hall–Kier alpha value is -3.32. The zero-order valence-corrected chi connectivity index (χ0v) is 16.5. The Balaban J connectivity index is 1.53. The molecule has 0 aliphatic heterocycles. The lowest BCUT2D eigenvalue weighted by Crippen LogP contribution is -2.32. The highest BCUT2D eigenvalue weighted by molar-refractivity contribution is 6.31. The van der Waals surface area contributed by atoms with Crippen LogP contribution in [0.15, 0.2) is 70.1 Å². The zero-order valence-electron chi connectivity index (χ0n) is 15.7. The van der Waals surface area contributed by atoms with Crippen molar-refractivity contribution in [2.24, 2.45) is 7.05 Å². The lowest BCUT2D eigenvalue weighted by Gasteiger charge is -2.19. The summed E-state index contributed by atoms with van der Waals surface area (Å²) < 4.78 is 8.52. The number of aromatic nitrogens is 3. The third kappa shape index (κ3) is 3.95. The molecular weight excluding hydrogens is 392 g/mol. The van der Waals surface area contributed by atoms with Crippen LogP contribution in [0.3, 0.4) is 0 Å². The van der Waals surface area contributed by atoms with Crippen molar-refractivity contribution in [2.75, 3.05) is 0 Å². The maximum Gasteiger partial charge on any atom is 0.419 e. The highest BCUT2D eigenvalue weighted by Gasteiger charge is 2.21. The second-order valence-electron chi connectivity index (χ2n) is 6.69. The van der Waals surface area contributed by atoms with Crippen LogP contribution >= 0.6 is 11.6 Å². The van der Waals surface area contributed by atoms with Gasteiger partial charge in [-0.15, -0.1) is 0 Å². The van der Waals surface area contributed by atoms with Crippen molar-refractivity contribution >= 4 is 28.6 Å². The minimum atomic E-state index is -0.515. The Kier molecular flexibility index (Phi) is 5.22. The van der Waals surface area contributed by atoms with Crippen molar-refractivity contribution in [3.63, 3.8) is 0 Å². The first-order valence-corrected chi connectivity index (χ1v) is 9.51. The molecule has 0 bridgehead atoms. The van der Waals surface area contributed by atoms with Gasteiger partial charge in [-0.25, -0.2) is 9.78 Å². The van der Waals surface area contributed by atoms with Crippen molar-refractivity contribution in [2.45, 2.75) is 19.0 Å². The number of nitrogens with one attached hydrogen (secondary N) is 1. The molecule has 148 valence electrons. The number of nitrogens with zero attached hydrogens (tertiary/aromatic N) is 3. The molecule has 1 atom stereocenters. The third-order valence-corrected chi connectivity index (χ3v) is 4.98. The van der Waals surface area contributed by atoms with E-state index in [1.165, 1.54) is 4.57 Å². The molecule has 0 fully saturated rings. The largest absolute Gasteiger partial charge is 0.419 e. The number of carbonyl (C=O) groups excluding carboxylic acids is 1. The van der Waals surface area contributed by atoms with Gasteiger partial charge in [0.1, 0.15) is 11.9 Å². The Morgan fingerprint density at radius 1 is 1.24 bits per heavy atom. The molecule has 1 N–H and O–H groups in total. The van der Waals surface area contributed by atoms with Crippen LogP contribution in [0.5, 0.6) is 0 Å². The monoisotopic (exact) mass is 410 g/mol. The maximum atomic E-state index is 12.7. The number of fused-ring (bicyclic) bond motifs is 1. The topological polar surface area (TPSA) is 82.1 Å². The number of rotatable bonds is 6. The standard InChI is InChI=1S/C21H19ClN4O3/c1-25-12-10-23-20(25)19(14-5-3-2-4-6-14)24-18(27)9-11-26-16-8-7-15(22)13-17(16)29-21(26)28/h2-8,10,12-13,19H,9,11H2,1H3,(H,24,27)/t19-/m1/s1. The van der Waals surface area contributed by atoms with Crippen LogP contribution in [0.25, 0.3) is 11.1 Å². The second-order valence-corrected chi connectivity index (χ2v) is 7.13. The van der Waals surface area contributed by atoms with Crippen LogP contribution in [0, 0.1) is 0 Å². The Labute approximate surface area is 171 Å². The van der Waals surface area contributed by atoms with E-state index < -0.39 is 5.76 Å². The van der Waals surface area contributed by atoms with Gasteiger partial charge in [-0.05, 0) is 17.7 Å². The minimum Gasteiger partial charge on any atom is -0.408 e. The fraction of sp³-hybridized carbons (Fsp3) is 0.190. The van der Waals surface area contributed by atoms with Crippen LogP contribution < -0.4 is 11.1 Å². The van der Waals surface area contributed by atoms with E-state index in [0.717, 1.165) is 11.4 Å². The summed E-state index contributed by atoms with van der Waals surface area (Å²) in [5, 5.41) is 3.51. The molecular formula is C21H19ClN4O3. The molecule has 2 aromatic heterocycles. The third-order valence-electron chi connectivity index (χ3n) is 4.75. The predicted molar refractivity (Wildman–Crippen MR) is 110 cm³/mol. The summed E-state index contributed by atoms with van der Waals surface area (Å²) in [6.45, 7) is 0.196. The summed E-state index contributed by atoms with van der Waals surface area (Å²) >= 11 is 5.94. The number of aryl methyl sites for hydroxylation is 2. The first-order valence-electron chi connectivity index (χ1n) is 9.13. The smallest absolute Gasteiger partial charge is 0.408 e. The van der Waals surface area contributed by atoms with Crippen molar-refractivity contribution in [1.29, 1.82) is 0 Å². The second kappa shape index (κ2) is 7.97. The normalized spacial score (nSPS) is 12.2. The quantitative estimate of drug-likeness (QED) is 0.529. The lowest BCUT2D eigenvalue weighted by molar-refractivity contribution is -0.121. The van der Waals surface area contributed by atoms with Crippen LogP contribution in [0.2, 0.25) is 5.02 Å². The van der Waals surface area contributed by atoms with E-state index in [2.05, 4.69) is 10.3 Å². The van der Waals surface area contributed by atoms with Crippen LogP contribution in [-0.2, 0) is 18.4 Å². The van der Waals surface area contributed by atoms with E-state index in [0.29, 0.717) is 16.1 Å². The maximum absolute atomic E-state index is 12.7. The highest BCUT2D eigenvalue weighted by atomic mass is 35.5. The number of imidazole rings is 1. The number of hydrogen-bond donors (Lipinski definition) is 1. The summed E-state index contributed by atoms with van der Waals surface area (Å²) in [6, 6.07) is 14.2. The van der Waals surface area contributed by atoms with Gasteiger partial charge >= 0.3 is 5.76 Å². The van der Waals surface area contributed by atoms with E-state index in [-0.39, 0.29) is 24.9 Å². The highest BCUT2D eigenvalue weighted by Crippen LogP contribution is 2.21. The number of oxazole rings is 1. The predicted octanol–water partition coefficient (Wildman–Crippen LogP) is 3.28. The molecule has 29 heavy (non-hydrogen) atoms. The molecule has 0 aliphatic carbocycles. The molecule has 1 amide bonds. The van der Waals surface area contributed by atoms with Gasteiger partial charge in [0.2, 0.25) is 5.91 Å². The van der Waals surface area contributed by atoms with Gasteiger partial charge in [0, 0.05) is 43.5 Å². The van der Waals surface area contributed by atoms with E-state index in [9.17, 15) is 9.59 Å². The number of halogens is 1. The molecule has 0 saturated carbocycles. The van der Waals surface area contributed by atoms with E-state index in [1.807, 2.05) is 48.1 Å². The van der Waals surface area contributed by atoms with E-state index in [4.69, 9.17) is 16.0 Å². The molecule has 2 heterocycles. The van der Waals surface area contributed by atoms with Gasteiger partial charge in [0.25, 0.3) is 0 Å². The first-order chi connectivity index (χ1) is 14.0. The number of amides is 1. The van der Waals surface area contributed by atoms with Gasteiger partial charge in [0.15, 0.2) is 5.58 Å². The fourth-order valence-corrected chi connectivity index (χ4v) is 3.46. The zero-order chi connectivity index (χ0) is 20.4. The Bertz CT molecular complexity index is 1210. The molecule has 2 aromatic carbocycles. The van der Waals surface area contributed by atoms with Gasteiger partial charge in [-0.3, -0.25) is 9.36 Å². The summed E-state index contributed by atoms with van der Waals surface area (Å²) in [7, 11) is 1.88. The molecule has 4 rings (SSSR count). The Morgan fingerprint density at radius 3 is 2.76 bits per heavy atom. The van der Waals surface area contributed by atoms with E-state index in [1.54, 1.807) is 24.4 Å². The molecule has 0 aliphatic rings. The van der Waals surface area contributed by atoms with Gasteiger partial charge in [0.05, 0.1) is 5.52 Å². The van der Waals surface area contributed by atoms with Crippen LogP contribution in [-0.4, -0.2) is 20.0 Å². The molecule has 0 spiro atoms. The van der Waals surface area contributed by atoms with Gasteiger partial charge < -0.3 is 14.3 Å². The molecule has 4 aromatic rings. The number of carbonyl (C=O) groups is 1. The average molecular weight is 411 g/mol. The Morgan fingerprint density at radius 2 is 2.03 bits per heavy atom. The van der Waals surface area contributed by atoms with Gasteiger partial charge in [-0.1, -0.05) is 41.9 Å². The number of hydrogen-bond acceptors (Lipinski definition) is 4. The lowest BCUT2D eigenvalue weighted by atomic mass is 10.1. The molecule has 0 unspecified atom stereocenters. The molecule has 0 saturated heterocycles. The van der Waals surface area contributed by atoms with Crippen molar-refractivity contribution < 1.29 is 9.21 Å². The minimum absolute atomic E-state index is 0.116. The van der Waals surface area contributed by atoms with Crippen molar-refractivity contribution in [3.8, 4) is 0 Å². The SMILES string of the molecule is Cn1ccnc1[C@H](NC(=O)CCn1c(=O)oc2cc(Cl)ccc21)c1ccccc1. The first kappa shape index (κ1) is 19.0.